The molecule has 0 atom stereocenters. The van der Waals surface area contributed by atoms with Crippen LogP contribution in [0.1, 0.15) is 12.8 Å². The molecule has 0 aromatic heterocycles. The predicted octanol–water partition coefficient (Wildman–Crippen LogP) is -0.0492. The smallest absolute Gasteiger partial charge is 0.254 e. The fraction of sp³-hybridized carbons (Fsp3) is 0.917. The first-order valence-corrected chi connectivity index (χ1v) is 6.42. The van der Waals surface area contributed by atoms with Crippen LogP contribution in [0.5, 0.6) is 0 Å². The number of nitrogens with zero attached hydrogens (tertiary/aromatic N) is 2. The van der Waals surface area contributed by atoms with E-state index >= 15 is 0 Å². The quantitative estimate of drug-likeness (QED) is 0.769. The Bertz CT molecular complexity index is 274. The second-order valence-electron chi connectivity index (χ2n) is 5.04. The predicted molar refractivity (Wildman–Crippen MR) is 73.2 cm³/mol. The summed E-state index contributed by atoms with van der Waals surface area (Å²) in [6, 6.07) is 0. The molecular weight excluding hydrogens is 254 g/mol. The van der Waals surface area contributed by atoms with E-state index in [9.17, 15) is 4.79 Å². The zero-order valence-corrected chi connectivity index (χ0v) is 12.1. The maximum atomic E-state index is 12.6. The number of rotatable bonds is 2. The SMILES string of the molecule is COC1(C(=O)N2CCN(C)CC2)CCNCC1.Cl. The van der Waals surface area contributed by atoms with E-state index < -0.39 is 5.60 Å². The van der Waals surface area contributed by atoms with Crippen molar-refractivity contribution >= 4 is 18.3 Å². The summed E-state index contributed by atoms with van der Waals surface area (Å²) >= 11 is 0. The monoisotopic (exact) mass is 277 g/mol. The topological polar surface area (TPSA) is 44.8 Å². The summed E-state index contributed by atoms with van der Waals surface area (Å²) in [6.07, 6.45) is 1.57. The Morgan fingerprint density at radius 1 is 1.17 bits per heavy atom. The molecule has 2 aliphatic heterocycles. The Morgan fingerprint density at radius 2 is 1.72 bits per heavy atom. The zero-order valence-electron chi connectivity index (χ0n) is 11.3. The van der Waals surface area contributed by atoms with E-state index in [1.807, 2.05) is 4.90 Å². The van der Waals surface area contributed by atoms with Crippen molar-refractivity contribution in [2.75, 3.05) is 53.4 Å². The molecule has 2 fully saturated rings. The van der Waals surface area contributed by atoms with Gasteiger partial charge >= 0.3 is 0 Å². The first-order chi connectivity index (χ1) is 8.18. The van der Waals surface area contributed by atoms with Crippen LogP contribution in [-0.4, -0.2) is 74.7 Å². The molecule has 18 heavy (non-hydrogen) atoms. The van der Waals surface area contributed by atoms with Gasteiger partial charge in [-0.05, 0) is 33.0 Å². The second kappa shape index (κ2) is 6.70. The lowest BCUT2D eigenvalue weighted by atomic mass is 9.90. The molecule has 2 aliphatic rings. The molecule has 0 radical (unpaired) electrons. The molecule has 0 aromatic carbocycles. The van der Waals surface area contributed by atoms with Gasteiger partial charge in [-0.15, -0.1) is 12.4 Å². The van der Waals surface area contributed by atoms with Crippen LogP contribution in [0, 0.1) is 0 Å². The zero-order chi connectivity index (χ0) is 12.3. The lowest BCUT2D eigenvalue weighted by Gasteiger charge is -2.41. The van der Waals surface area contributed by atoms with E-state index in [0.717, 1.165) is 52.1 Å². The molecule has 0 unspecified atom stereocenters. The molecular formula is C12H24ClN3O2. The van der Waals surface area contributed by atoms with Gasteiger partial charge in [-0.3, -0.25) is 4.79 Å². The number of piperidine rings is 1. The molecule has 106 valence electrons. The van der Waals surface area contributed by atoms with Crippen LogP contribution < -0.4 is 5.32 Å². The fourth-order valence-electron chi connectivity index (χ4n) is 2.63. The molecule has 2 heterocycles. The number of nitrogens with one attached hydrogen (secondary N) is 1. The van der Waals surface area contributed by atoms with E-state index in [2.05, 4.69) is 17.3 Å². The minimum absolute atomic E-state index is 0. The molecule has 5 nitrogen and oxygen atoms in total. The first-order valence-electron chi connectivity index (χ1n) is 6.42. The van der Waals surface area contributed by atoms with Gasteiger partial charge in [-0.1, -0.05) is 0 Å². The van der Waals surface area contributed by atoms with Crippen molar-refractivity contribution in [3.8, 4) is 0 Å². The van der Waals surface area contributed by atoms with E-state index in [1.54, 1.807) is 7.11 Å². The second-order valence-corrected chi connectivity index (χ2v) is 5.04. The molecule has 6 heteroatoms. The van der Waals surface area contributed by atoms with Gasteiger partial charge in [-0.25, -0.2) is 0 Å². The number of carbonyl (C=O) groups is 1. The molecule has 1 N–H and O–H groups in total. The molecule has 0 aliphatic carbocycles. The van der Waals surface area contributed by atoms with Crippen LogP contribution in [0.3, 0.4) is 0 Å². The maximum absolute atomic E-state index is 12.6. The minimum Gasteiger partial charge on any atom is -0.368 e. The summed E-state index contributed by atoms with van der Waals surface area (Å²) in [5.74, 6) is 0.189. The van der Waals surface area contributed by atoms with Crippen LogP contribution in [0.4, 0.5) is 0 Å². The van der Waals surface area contributed by atoms with Gasteiger partial charge in [0.1, 0.15) is 5.60 Å². The highest BCUT2D eigenvalue weighted by molar-refractivity contribution is 5.86. The summed E-state index contributed by atoms with van der Waals surface area (Å²) in [5, 5.41) is 3.28. The van der Waals surface area contributed by atoms with Crippen molar-refractivity contribution in [3.63, 3.8) is 0 Å². The number of likely N-dealkylation sites (N-methyl/N-ethyl adjacent to an activating group) is 1. The highest BCUT2D eigenvalue weighted by atomic mass is 35.5. The van der Waals surface area contributed by atoms with Gasteiger partial charge in [0.2, 0.25) is 0 Å². The summed E-state index contributed by atoms with van der Waals surface area (Å²) < 4.78 is 5.58. The number of ether oxygens (including phenoxy) is 1. The molecule has 0 saturated carbocycles. The minimum atomic E-state index is -0.568. The third kappa shape index (κ3) is 3.15. The number of methoxy groups -OCH3 is 1. The number of hydrogen-bond donors (Lipinski definition) is 1. The maximum Gasteiger partial charge on any atom is 0.254 e. The third-order valence-corrected chi connectivity index (χ3v) is 3.98. The van der Waals surface area contributed by atoms with Gasteiger partial charge in [0, 0.05) is 33.3 Å². The van der Waals surface area contributed by atoms with E-state index in [4.69, 9.17) is 4.74 Å². The largest absolute Gasteiger partial charge is 0.368 e. The van der Waals surface area contributed by atoms with Gasteiger partial charge in [-0.2, -0.15) is 0 Å². The number of piperazine rings is 1. The van der Waals surface area contributed by atoms with Gasteiger partial charge < -0.3 is 19.9 Å². The van der Waals surface area contributed by atoms with Crippen LogP contribution in [-0.2, 0) is 9.53 Å². The third-order valence-electron chi connectivity index (χ3n) is 3.98. The first kappa shape index (κ1) is 15.7. The van der Waals surface area contributed by atoms with Crippen molar-refractivity contribution in [1.82, 2.24) is 15.1 Å². The lowest BCUT2D eigenvalue weighted by molar-refractivity contribution is -0.159. The van der Waals surface area contributed by atoms with E-state index in [-0.39, 0.29) is 18.3 Å². The Hall–Kier alpha value is -0.360. The van der Waals surface area contributed by atoms with Crippen LogP contribution in [0.25, 0.3) is 0 Å². The molecule has 2 rings (SSSR count). The summed E-state index contributed by atoms with van der Waals surface area (Å²) in [4.78, 5) is 16.8. The number of amides is 1. The van der Waals surface area contributed by atoms with Crippen LogP contribution in [0.15, 0.2) is 0 Å². The van der Waals surface area contributed by atoms with E-state index in [0.29, 0.717) is 0 Å². The Balaban J connectivity index is 0.00000162. The average Bonchev–Trinajstić information content (AvgIpc) is 2.39. The Morgan fingerprint density at radius 3 is 2.22 bits per heavy atom. The Labute approximate surface area is 115 Å². The van der Waals surface area contributed by atoms with Crippen molar-refractivity contribution in [3.05, 3.63) is 0 Å². The summed E-state index contributed by atoms with van der Waals surface area (Å²) in [5.41, 5.74) is -0.568. The normalized spacial score (nSPS) is 24.4. The number of carbonyl (C=O) groups excluding carboxylic acids is 1. The van der Waals surface area contributed by atoms with Crippen molar-refractivity contribution in [2.45, 2.75) is 18.4 Å². The van der Waals surface area contributed by atoms with Crippen molar-refractivity contribution in [1.29, 1.82) is 0 Å². The molecule has 0 spiro atoms. The summed E-state index contributed by atoms with van der Waals surface area (Å²) in [7, 11) is 3.76. The number of halogens is 1. The highest BCUT2D eigenvalue weighted by Gasteiger charge is 2.42. The lowest BCUT2D eigenvalue weighted by Crippen LogP contribution is -2.58. The summed E-state index contributed by atoms with van der Waals surface area (Å²) in [6.45, 7) is 5.32. The molecule has 0 aromatic rings. The Kier molecular flexibility index (Phi) is 5.85. The van der Waals surface area contributed by atoms with Gasteiger partial charge in [0.15, 0.2) is 0 Å². The molecule has 0 bridgehead atoms. The molecule has 2 saturated heterocycles. The highest BCUT2D eigenvalue weighted by Crippen LogP contribution is 2.25. The number of hydrogen-bond acceptors (Lipinski definition) is 4. The van der Waals surface area contributed by atoms with Crippen LogP contribution in [0.2, 0.25) is 0 Å². The van der Waals surface area contributed by atoms with Crippen molar-refractivity contribution in [2.24, 2.45) is 0 Å². The van der Waals surface area contributed by atoms with E-state index in [1.165, 1.54) is 0 Å². The fourth-order valence-corrected chi connectivity index (χ4v) is 2.63. The standard InChI is InChI=1S/C12H23N3O2.ClH/c1-14-7-9-15(10-8-14)11(16)12(17-2)3-5-13-6-4-12;/h13H,3-10H2,1-2H3;1H. The van der Waals surface area contributed by atoms with Crippen LogP contribution >= 0.6 is 12.4 Å². The van der Waals surface area contributed by atoms with Gasteiger partial charge in [0.25, 0.3) is 5.91 Å². The van der Waals surface area contributed by atoms with Gasteiger partial charge in [0.05, 0.1) is 0 Å². The van der Waals surface area contributed by atoms with Crippen molar-refractivity contribution < 1.29 is 9.53 Å². The molecule has 1 amide bonds. The average molecular weight is 278 g/mol.